The molecule has 32 heavy (non-hydrogen) atoms. The van der Waals surface area contributed by atoms with Gasteiger partial charge in [-0.2, -0.15) is 0 Å². The highest BCUT2D eigenvalue weighted by Crippen LogP contribution is 2.44. The summed E-state index contributed by atoms with van der Waals surface area (Å²) >= 11 is 0. The topological polar surface area (TPSA) is 6.48 Å². The Morgan fingerprint density at radius 1 is 0.562 bits per heavy atom. The predicted molar refractivity (Wildman–Crippen MR) is 138 cm³/mol. The van der Waals surface area contributed by atoms with Gasteiger partial charge < -0.3 is 9.80 Å². The predicted octanol–water partition coefficient (Wildman–Crippen LogP) is 7.94. The monoisotopic (exact) mass is 426 g/mol. The van der Waals surface area contributed by atoms with E-state index >= 15 is 0 Å². The Morgan fingerprint density at radius 3 is 1.31 bits per heavy atom. The number of anilines is 2. The summed E-state index contributed by atoms with van der Waals surface area (Å²) in [5, 5.41) is 0. The van der Waals surface area contributed by atoms with Crippen LogP contribution >= 0.6 is 0 Å². The summed E-state index contributed by atoms with van der Waals surface area (Å²) in [6.07, 6.45) is 0.327. The molecule has 168 valence electrons. The van der Waals surface area contributed by atoms with E-state index < -0.39 is 0 Å². The van der Waals surface area contributed by atoms with Crippen LogP contribution in [0.4, 0.5) is 11.4 Å². The zero-order valence-electron chi connectivity index (χ0n) is 20.5. The van der Waals surface area contributed by atoms with Gasteiger partial charge in [0, 0.05) is 13.1 Å². The van der Waals surface area contributed by atoms with E-state index in [0.29, 0.717) is 23.9 Å². The SMILES string of the molecule is CC(C)c1ccccc1CN1c2ccccc2N(Cc2ccccc2C(C)C)C1C(C)C. The molecule has 1 aliphatic heterocycles. The number of benzene rings is 3. The van der Waals surface area contributed by atoms with Crippen molar-refractivity contribution in [3.63, 3.8) is 0 Å². The lowest BCUT2D eigenvalue weighted by Crippen LogP contribution is -2.46. The average molecular weight is 427 g/mol. The van der Waals surface area contributed by atoms with Crippen LogP contribution in [0.1, 0.15) is 75.6 Å². The fourth-order valence-corrected chi connectivity index (χ4v) is 5.33. The van der Waals surface area contributed by atoms with Crippen molar-refractivity contribution in [2.75, 3.05) is 9.80 Å². The van der Waals surface area contributed by atoms with Gasteiger partial charge in [-0.25, -0.2) is 0 Å². The number of nitrogens with zero attached hydrogens (tertiary/aromatic N) is 2. The quantitative estimate of drug-likeness (QED) is 0.378. The standard InChI is InChI=1S/C30H38N2/c1-21(2)26-15-9-7-13-24(26)19-31-28-17-11-12-18-29(28)32(30(31)23(5)6)20-25-14-8-10-16-27(25)22(3)4/h7-18,21-23,30H,19-20H2,1-6H3. The minimum Gasteiger partial charge on any atom is -0.345 e. The lowest BCUT2D eigenvalue weighted by molar-refractivity contribution is 0.444. The highest BCUT2D eigenvalue weighted by molar-refractivity contribution is 5.78. The first kappa shape index (κ1) is 22.5. The van der Waals surface area contributed by atoms with Crippen molar-refractivity contribution in [3.8, 4) is 0 Å². The van der Waals surface area contributed by atoms with E-state index in [4.69, 9.17) is 0 Å². The Hall–Kier alpha value is -2.74. The molecule has 2 heteroatoms. The van der Waals surface area contributed by atoms with Crippen molar-refractivity contribution in [3.05, 3.63) is 95.1 Å². The molecule has 3 aromatic carbocycles. The van der Waals surface area contributed by atoms with Crippen LogP contribution in [0.3, 0.4) is 0 Å². The summed E-state index contributed by atoms with van der Waals surface area (Å²) in [6.45, 7) is 15.8. The molecule has 1 heterocycles. The third kappa shape index (κ3) is 4.28. The zero-order valence-corrected chi connectivity index (χ0v) is 20.5. The summed E-state index contributed by atoms with van der Waals surface area (Å²) in [5.74, 6) is 1.55. The molecule has 0 atom stereocenters. The molecule has 0 aromatic heterocycles. The van der Waals surface area contributed by atoms with E-state index in [-0.39, 0.29) is 0 Å². The molecule has 4 rings (SSSR count). The Balaban J connectivity index is 1.75. The van der Waals surface area contributed by atoms with Crippen molar-refractivity contribution in [1.29, 1.82) is 0 Å². The second-order valence-electron chi connectivity index (χ2n) is 10.1. The summed E-state index contributed by atoms with van der Waals surface area (Å²) in [7, 11) is 0. The van der Waals surface area contributed by atoms with Gasteiger partial charge in [0.1, 0.15) is 6.17 Å². The Labute approximate surface area is 194 Å². The van der Waals surface area contributed by atoms with Gasteiger partial charge >= 0.3 is 0 Å². The van der Waals surface area contributed by atoms with Crippen LogP contribution < -0.4 is 9.80 Å². The number of rotatable bonds is 7. The Morgan fingerprint density at radius 2 is 0.938 bits per heavy atom. The molecule has 1 aliphatic rings. The van der Waals surface area contributed by atoms with E-state index in [1.807, 2.05) is 0 Å². The fraction of sp³-hybridized carbons (Fsp3) is 0.400. The lowest BCUT2D eigenvalue weighted by atomic mass is 9.96. The molecule has 0 fully saturated rings. The summed E-state index contributed by atoms with van der Waals surface area (Å²) in [5.41, 5.74) is 8.49. The molecule has 0 radical (unpaired) electrons. The highest BCUT2D eigenvalue weighted by Gasteiger charge is 2.38. The van der Waals surface area contributed by atoms with Crippen molar-refractivity contribution >= 4 is 11.4 Å². The maximum atomic E-state index is 2.64. The minimum absolute atomic E-state index is 0.327. The van der Waals surface area contributed by atoms with Crippen LogP contribution in [0.25, 0.3) is 0 Å². The lowest BCUT2D eigenvalue weighted by Gasteiger charge is -2.37. The van der Waals surface area contributed by atoms with Crippen LogP contribution in [0.15, 0.2) is 72.8 Å². The van der Waals surface area contributed by atoms with Gasteiger partial charge in [0.25, 0.3) is 0 Å². The molecule has 0 bridgehead atoms. The molecule has 0 aliphatic carbocycles. The van der Waals surface area contributed by atoms with E-state index in [2.05, 4.69) is 124 Å². The third-order valence-electron chi connectivity index (χ3n) is 6.77. The zero-order chi connectivity index (χ0) is 22.8. The van der Waals surface area contributed by atoms with Gasteiger partial charge in [0.05, 0.1) is 11.4 Å². The minimum atomic E-state index is 0.327. The Bertz CT molecular complexity index is 969. The molecule has 0 amide bonds. The normalized spacial score (nSPS) is 14.2. The van der Waals surface area contributed by atoms with Crippen LogP contribution in [-0.2, 0) is 13.1 Å². The van der Waals surface area contributed by atoms with Crippen LogP contribution in [-0.4, -0.2) is 6.17 Å². The largest absolute Gasteiger partial charge is 0.345 e. The van der Waals surface area contributed by atoms with Gasteiger partial charge in [-0.05, 0) is 52.1 Å². The molecule has 0 saturated heterocycles. The van der Waals surface area contributed by atoms with Gasteiger partial charge in [-0.1, -0.05) is 102 Å². The molecular formula is C30H38N2. The maximum Gasteiger partial charge on any atom is 0.105 e. The third-order valence-corrected chi connectivity index (χ3v) is 6.77. The average Bonchev–Trinajstić information content (AvgIpc) is 3.08. The van der Waals surface area contributed by atoms with E-state index in [9.17, 15) is 0 Å². The van der Waals surface area contributed by atoms with E-state index in [1.54, 1.807) is 0 Å². The van der Waals surface area contributed by atoms with Crippen molar-refractivity contribution in [2.45, 2.75) is 72.6 Å². The molecule has 3 aromatic rings. The maximum absolute atomic E-state index is 2.64. The van der Waals surface area contributed by atoms with E-state index in [1.165, 1.54) is 33.6 Å². The number of hydrogen-bond donors (Lipinski definition) is 0. The van der Waals surface area contributed by atoms with Crippen LogP contribution in [0.5, 0.6) is 0 Å². The second-order valence-corrected chi connectivity index (χ2v) is 10.1. The molecule has 0 spiro atoms. The fourth-order valence-electron chi connectivity index (χ4n) is 5.33. The number of para-hydroxylation sites is 2. The van der Waals surface area contributed by atoms with Gasteiger partial charge in [0.2, 0.25) is 0 Å². The van der Waals surface area contributed by atoms with Crippen LogP contribution in [0, 0.1) is 5.92 Å². The van der Waals surface area contributed by atoms with E-state index in [0.717, 1.165) is 13.1 Å². The van der Waals surface area contributed by atoms with Crippen molar-refractivity contribution in [2.24, 2.45) is 5.92 Å². The summed E-state index contributed by atoms with van der Waals surface area (Å²) in [6, 6.07) is 26.9. The molecule has 2 nitrogen and oxygen atoms in total. The Kier molecular flexibility index (Phi) is 6.60. The van der Waals surface area contributed by atoms with Crippen molar-refractivity contribution < 1.29 is 0 Å². The summed E-state index contributed by atoms with van der Waals surface area (Å²) in [4.78, 5) is 5.28. The smallest absolute Gasteiger partial charge is 0.105 e. The molecule has 0 N–H and O–H groups in total. The van der Waals surface area contributed by atoms with Crippen molar-refractivity contribution in [1.82, 2.24) is 0 Å². The first-order valence-electron chi connectivity index (χ1n) is 12.2. The van der Waals surface area contributed by atoms with Gasteiger partial charge in [-0.15, -0.1) is 0 Å². The summed E-state index contributed by atoms with van der Waals surface area (Å²) < 4.78 is 0. The molecule has 0 saturated carbocycles. The second kappa shape index (κ2) is 9.40. The highest BCUT2D eigenvalue weighted by atomic mass is 15.4. The van der Waals surface area contributed by atoms with Gasteiger partial charge in [-0.3, -0.25) is 0 Å². The molecular weight excluding hydrogens is 388 g/mol. The first-order chi connectivity index (χ1) is 15.4. The van der Waals surface area contributed by atoms with Gasteiger partial charge in [0.15, 0.2) is 0 Å². The van der Waals surface area contributed by atoms with Crippen LogP contribution in [0.2, 0.25) is 0 Å². The number of hydrogen-bond acceptors (Lipinski definition) is 2. The number of fused-ring (bicyclic) bond motifs is 1. The first-order valence-corrected chi connectivity index (χ1v) is 12.2. The molecule has 0 unspecified atom stereocenters.